The van der Waals surface area contributed by atoms with Crippen LogP contribution in [0.5, 0.6) is 5.75 Å². The molecule has 5 N–H and O–H groups in total. The van der Waals surface area contributed by atoms with Gasteiger partial charge in [-0.25, -0.2) is 9.78 Å². The number of amidine groups is 1. The van der Waals surface area contributed by atoms with E-state index in [1.807, 2.05) is 0 Å². The summed E-state index contributed by atoms with van der Waals surface area (Å²) in [7, 11) is 0. The quantitative estimate of drug-likeness (QED) is 0.194. The number of carboxylic acid groups (broad SMARTS) is 1. The number of rotatable bonds is 6. The maximum Gasteiger partial charge on any atom is 0.511 e. The van der Waals surface area contributed by atoms with E-state index < -0.39 is 11.6 Å². The van der Waals surface area contributed by atoms with E-state index in [1.54, 1.807) is 52.5 Å². The van der Waals surface area contributed by atoms with Crippen molar-refractivity contribution >= 4 is 45.8 Å². The van der Waals surface area contributed by atoms with Crippen LogP contribution in [0.4, 0.5) is 10.5 Å². The zero-order valence-corrected chi connectivity index (χ0v) is 17.8. The van der Waals surface area contributed by atoms with Crippen LogP contribution in [0.2, 0.25) is 0 Å². The third kappa shape index (κ3) is 4.72. The molecule has 0 saturated heterocycles. The van der Waals surface area contributed by atoms with Crippen molar-refractivity contribution in [3.05, 3.63) is 86.6 Å². The largest absolute Gasteiger partial charge is 0.511 e. The fourth-order valence-electron chi connectivity index (χ4n) is 3.22. The van der Waals surface area contributed by atoms with Crippen LogP contribution in [0.15, 0.2) is 65.0 Å². The number of carbonyl (C=O) groups excluding carboxylic acids is 1. The second-order valence-corrected chi connectivity index (χ2v) is 7.90. The number of amides is 1. The summed E-state index contributed by atoms with van der Waals surface area (Å²) in [5, 5.41) is 21.9. The van der Waals surface area contributed by atoms with E-state index >= 15 is 0 Å². The van der Waals surface area contributed by atoms with Gasteiger partial charge in [0.15, 0.2) is 5.75 Å². The lowest BCUT2D eigenvalue weighted by Crippen LogP contribution is -2.17. The second kappa shape index (κ2) is 8.93. The average Bonchev–Trinajstić information content (AvgIpc) is 3.30. The molecule has 4 aromatic rings. The van der Waals surface area contributed by atoms with Gasteiger partial charge in [-0.15, -0.1) is 11.3 Å². The summed E-state index contributed by atoms with van der Waals surface area (Å²) in [6, 6.07) is 10.9. The number of benzene rings is 2. The van der Waals surface area contributed by atoms with Crippen LogP contribution < -0.4 is 21.2 Å². The molecule has 0 saturated carbocycles. The van der Waals surface area contributed by atoms with Gasteiger partial charge in [0.05, 0.1) is 18.3 Å². The van der Waals surface area contributed by atoms with Gasteiger partial charge in [-0.3, -0.25) is 15.0 Å². The fraction of sp³-hybridized carbons (Fsp3) is 0.0455. The Morgan fingerprint density at radius 2 is 1.91 bits per heavy atom. The molecule has 0 fully saturated rings. The number of aromatic nitrogens is 2. The average molecular weight is 463 g/mol. The molecule has 0 aliphatic heterocycles. The molecule has 2 aromatic heterocycles. The molecule has 1 amide bonds. The summed E-state index contributed by atoms with van der Waals surface area (Å²) < 4.78 is 6.31. The van der Waals surface area contributed by atoms with E-state index in [9.17, 15) is 14.4 Å². The minimum atomic E-state index is -1.59. The van der Waals surface area contributed by atoms with Crippen LogP contribution in [-0.4, -0.2) is 32.6 Å². The van der Waals surface area contributed by atoms with Crippen molar-refractivity contribution in [3.63, 3.8) is 0 Å². The van der Waals surface area contributed by atoms with Gasteiger partial charge in [0.25, 0.3) is 5.91 Å². The maximum atomic E-state index is 12.7. The minimum Gasteiger partial charge on any atom is -0.449 e. The van der Waals surface area contributed by atoms with Gasteiger partial charge in [-0.05, 0) is 30.3 Å². The highest BCUT2D eigenvalue weighted by Gasteiger charge is 2.15. The summed E-state index contributed by atoms with van der Waals surface area (Å²) in [6.07, 6.45) is 1.36. The highest BCUT2D eigenvalue weighted by molar-refractivity contribution is 7.09. The van der Waals surface area contributed by atoms with Crippen LogP contribution in [0.1, 0.15) is 20.9 Å². The van der Waals surface area contributed by atoms with E-state index in [2.05, 4.69) is 15.0 Å². The molecule has 0 atom stereocenters. The number of pyridine rings is 1. The molecule has 2 heterocycles. The lowest BCUT2D eigenvalue weighted by molar-refractivity contribution is 0.102. The highest BCUT2D eigenvalue weighted by Crippen LogP contribution is 2.22. The molecular formula is C22H17N5O5S. The smallest absolute Gasteiger partial charge is 0.449 e. The lowest BCUT2D eigenvalue weighted by atomic mass is 10.1. The van der Waals surface area contributed by atoms with E-state index in [4.69, 9.17) is 16.2 Å². The van der Waals surface area contributed by atoms with Gasteiger partial charge >= 0.3 is 6.16 Å². The molecule has 0 aliphatic carbocycles. The molecule has 166 valence electrons. The number of fused-ring (bicyclic) bond motifs is 1. The van der Waals surface area contributed by atoms with E-state index in [-0.39, 0.29) is 29.4 Å². The molecule has 0 bridgehead atoms. The number of nitrogens with one attached hydrogen (secondary N) is 2. The van der Waals surface area contributed by atoms with E-state index in [1.165, 1.54) is 23.6 Å². The Morgan fingerprint density at radius 3 is 2.55 bits per heavy atom. The first-order valence-electron chi connectivity index (χ1n) is 9.54. The fourth-order valence-corrected chi connectivity index (χ4v) is 3.83. The Labute approximate surface area is 190 Å². The third-order valence-corrected chi connectivity index (χ3v) is 5.52. The van der Waals surface area contributed by atoms with Crippen molar-refractivity contribution in [1.82, 2.24) is 9.55 Å². The van der Waals surface area contributed by atoms with E-state index in [0.29, 0.717) is 22.3 Å². The van der Waals surface area contributed by atoms with Gasteiger partial charge in [-0.1, -0.05) is 12.1 Å². The number of nitrogens with zero attached hydrogens (tertiary/aromatic N) is 2. The molecule has 10 nitrogen and oxygen atoms in total. The Bertz CT molecular complexity index is 1430. The first kappa shape index (κ1) is 21.7. The van der Waals surface area contributed by atoms with Crippen molar-refractivity contribution in [2.24, 2.45) is 5.73 Å². The molecule has 11 heteroatoms. The van der Waals surface area contributed by atoms with Crippen molar-refractivity contribution in [2.75, 3.05) is 5.32 Å². The Kier molecular flexibility index (Phi) is 5.87. The van der Waals surface area contributed by atoms with Gasteiger partial charge in [0.1, 0.15) is 10.8 Å². The predicted octanol–water partition coefficient (Wildman–Crippen LogP) is 3.10. The Morgan fingerprint density at radius 1 is 1.18 bits per heavy atom. The molecule has 2 aromatic carbocycles. The van der Waals surface area contributed by atoms with Crippen LogP contribution in [0.25, 0.3) is 10.9 Å². The monoisotopic (exact) mass is 463 g/mol. The number of nitrogens with two attached hydrogens (primary N) is 1. The zero-order chi connectivity index (χ0) is 23.5. The van der Waals surface area contributed by atoms with Crippen LogP contribution in [0.3, 0.4) is 0 Å². The van der Waals surface area contributed by atoms with Gasteiger partial charge < -0.3 is 25.5 Å². The standard InChI is InChI=1S/C22H17N5O5S/c23-20(24)12-1-3-13(4-2-12)21(29)26-14-5-6-15-16(9-14)27(11-18-25-7-8-33-18)10-17(19(15)28)32-22(30)31/h1-10H,11H2,(H3,23,24)(H,26,29)(H,30,31). The number of carbonyl (C=O) groups is 2. The Balaban J connectivity index is 1.71. The van der Waals surface area contributed by atoms with Gasteiger partial charge in [0.2, 0.25) is 5.43 Å². The van der Waals surface area contributed by atoms with Crippen LogP contribution in [0, 0.1) is 5.41 Å². The van der Waals surface area contributed by atoms with Crippen molar-refractivity contribution < 1.29 is 19.4 Å². The number of ether oxygens (including phenoxy) is 1. The number of hydrogen-bond donors (Lipinski definition) is 4. The molecule has 0 radical (unpaired) electrons. The molecule has 0 aliphatic rings. The molecule has 0 spiro atoms. The van der Waals surface area contributed by atoms with Crippen molar-refractivity contribution in [3.8, 4) is 5.75 Å². The van der Waals surface area contributed by atoms with Gasteiger partial charge in [0, 0.05) is 33.8 Å². The summed E-state index contributed by atoms with van der Waals surface area (Å²) in [5.74, 6) is -0.807. The molecular weight excluding hydrogens is 446 g/mol. The minimum absolute atomic E-state index is 0.0964. The summed E-state index contributed by atoms with van der Waals surface area (Å²) in [6.45, 7) is 0.272. The summed E-state index contributed by atoms with van der Waals surface area (Å²) >= 11 is 1.40. The van der Waals surface area contributed by atoms with Gasteiger partial charge in [-0.2, -0.15) is 0 Å². The number of nitrogen functional groups attached to an aromatic ring is 1. The summed E-state index contributed by atoms with van der Waals surface area (Å²) in [5.41, 5.74) is 6.63. The first-order chi connectivity index (χ1) is 15.8. The molecule has 0 unspecified atom stereocenters. The van der Waals surface area contributed by atoms with Crippen molar-refractivity contribution in [2.45, 2.75) is 6.54 Å². The number of hydrogen-bond acceptors (Lipinski definition) is 7. The normalized spacial score (nSPS) is 10.7. The number of thiazole rings is 1. The maximum absolute atomic E-state index is 12.7. The Hall–Kier alpha value is -4.51. The molecule has 33 heavy (non-hydrogen) atoms. The number of anilines is 1. The predicted molar refractivity (Wildman–Crippen MR) is 123 cm³/mol. The summed E-state index contributed by atoms with van der Waals surface area (Å²) in [4.78, 5) is 40.6. The zero-order valence-electron chi connectivity index (χ0n) is 16.9. The SMILES string of the molecule is N=C(N)c1ccc(C(=O)Nc2ccc3c(=O)c(OC(=O)O)cn(Cc4nccs4)c3c2)cc1. The van der Waals surface area contributed by atoms with Crippen LogP contribution in [-0.2, 0) is 6.54 Å². The molecule has 4 rings (SSSR count). The first-order valence-corrected chi connectivity index (χ1v) is 10.4. The second-order valence-electron chi connectivity index (χ2n) is 6.92. The third-order valence-electron chi connectivity index (χ3n) is 4.75. The van der Waals surface area contributed by atoms with Crippen LogP contribution >= 0.6 is 11.3 Å². The van der Waals surface area contributed by atoms with Crippen molar-refractivity contribution in [1.29, 1.82) is 5.41 Å². The van der Waals surface area contributed by atoms with E-state index in [0.717, 1.165) is 5.01 Å². The lowest BCUT2D eigenvalue weighted by Gasteiger charge is -2.13. The topological polar surface area (TPSA) is 160 Å². The highest BCUT2D eigenvalue weighted by atomic mass is 32.1.